The Bertz CT molecular complexity index is 384. The lowest BCUT2D eigenvalue weighted by atomic mass is 10.1. The van der Waals surface area contributed by atoms with Crippen LogP contribution in [0, 0.1) is 5.82 Å². The Hall–Kier alpha value is -1.13. The lowest BCUT2D eigenvalue weighted by Crippen LogP contribution is -2.35. The monoisotopic (exact) mass is 244 g/mol. The summed E-state index contributed by atoms with van der Waals surface area (Å²) in [7, 11) is 0. The van der Waals surface area contributed by atoms with Crippen molar-refractivity contribution in [1.82, 2.24) is 0 Å². The molecule has 0 saturated heterocycles. The summed E-state index contributed by atoms with van der Waals surface area (Å²) in [6.45, 7) is 1.93. The molecule has 0 radical (unpaired) electrons. The number of nitrogens with two attached hydrogens (primary N) is 1. The molecule has 0 heterocycles. The van der Waals surface area contributed by atoms with Crippen LogP contribution in [0.2, 0.25) is 5.02 Å². The second-order valence-corrected chi connectivity index (χ2v) is 3.92. The minimum Gasteiger partial charge on any atom is -0.323 e. The molecule has 1 aromatic carbocycles. The molecule has 1 aromatic rings. The fourth-order valence-corrected chi connectivity index (χ4v) is 1.43. The van der Waals surface area contributed by atoms with E-state index in [1.807, 2.05) is 6.92 Å². The zero-order chi connectivity index (χ0) is 12.1. The first-order chi connectivity index (χ1) is 7.54. The van der Waals surface area contributed by atoms with Gasteiger partial charge in [0.05, 0.1) is 16.8 Å². The molecule has 1 amide bonds. The van der Waals surface area contributed by atoms with Crippen molar-refractivity contribution in [2.24, 2.45) is 5.73 Å². The summed E-state index contributed by atoms with van der Waals surface area (Å²) < 4.78 is 12.9. The van der Waals surface area contributed by atoms with Gasteiger partial charge in [-0.15, -0.1) is 0 Å². The maximum Gasteiger partial charge on any atom is 0.241 e. The molecule has 1 unspecified atom stereocenters. The predicted octanol–water partition coefficient (Wildman–Crippen LogP) is 2.55. The summed E-state index contributed by atoms with van der Waals surface area (Å²) in [4.78, 5) is 11.5. The SMILES string of the molecule is CCCC(N)C(=O)Nc1cc(F)ccc1Cl. The normalized spacial score (nSPS) is 12.2. The van der Waals surface area contributed by atoms with Gasteiger partial charge < -0.3 is 11.1 Å². The molecular formula is C11H14ClFN2O. The lowest BCUT2D eigenvalue weighted by molar-refractivity contribution is -0.117. The first-order valence-corrected chi connectivity index (χ1v) is 5.44. The van der Waals surface area contributed by atoms with Crippen molar-refractivity contribution in [2.75, 3.05) is 5.32 Å². The largest absolute Gasteiger partial charge is 0.323 e. The second-order valence-electron chi connectivity index (χ2n) is 3.51. The van der Waals surface area contributed by atoms with E-state index in [1.165, 1.54) is 18.2 Å². The van der Waals surface area contributed by atoms with Crippen LogP contribution in [0.25, 0.3) is 0 Å². The van der Waals surface area contributed by atoms with E-state index in [4.69, 9.17) is 17.3 Å². The Morgan fingerprint density at radius 2 is 2.31 bits per heavy atom. The van der Waals surface area contributed by atoms with Gasteiger partial charge in [-0.1, -0.05) is 24.9 Å². The highest BCUT2D eigenvalue weighted by molar-refractivity contribution is 6.33. The summed E-state index contributed by atoms with van der Waals surface area (Å²) in [6.07, 6.45) is 1.39. The molecule has 0 spiro atoms. The van der Waals surface area contributed by atoms with Crippen LogP contribution in [0.1, 0.15) is 19.8 Å². The Morgan fingerprint density at radius 1 is 1.62 bits per heavy atom. The van der Waals surface area contributed by atoms with Crippen LogP contribution in [0.4, 0.5) is 10.1 Å². The zero-order valence-corrected chi connectivity index (χ0v) is 9.72. The number of amides is 1. The second kappa shape index (κ2) is 5.82. The molecule has 0 aromatic heterocycles. The first kappa shape index (κ1) is 12.9. The Labute approximate surface area is 98.8 Å². The van der Waals surface area contributed by atoms with Crippen LogP contribution in [-0.2, 0) is 4.79 Å². The third-order valence-electron chi connectivity index (χ3n) is 2.12. The number of carbonyl (C=O) groups is 1. The molecule has 0 aliphatic heterocycles. The van der Waals surface area contributed by atoms with Gasteiger partial charge in [-0.25, -0.2) is 4.39 Å². The third-order valence-corrected chi connectivity index (χ3v) is 2.45. The van der Waals surface area contributed by atoms with Gasteiger partial charge in [-0.3, -0.25) is 4.79 Å². The van der Waals surface area contributed by atoms with Crippen LogP contribution in [-0.4, -0.2) is 11.9 Å². The third kappa shape index (κ3) is 3.47. The summed E-state index contributed by atoms with van der Waals surface area (Å²) in [6, 6.07) is 3.19. The van der Waals surface area contributed by atoms with Crippen molar-refractivity contribution in [2.45, 2.75) is 25.8 Å². The molecule has 16 heavy (non-hydrogen) atoms. The van der Waals surface area contributed by atoms with Gasteiger partial charge in [0.1, 0.15) is 5.82 Å². The molecule has 0 fully saturated rings. The molecule has 1 rings (SSSR count). The number of hydrogen-bond donors (Lipinski definition) is 2. The average Bonchev–Trinajstić information content (AvgIpc) is 2.23. The Morgan fingerprint density at radius 3 is 2.94 bits per heavy atom. The van der Waals surface area contributed by atoms with E-state index in [9.17, 15) is 9.18 Å². The van der Waals surface area contributed by atoms with Gasteiger partial charge in [0.15, 0.2) is 0 Å². The highest BCUT2D eigenvalue weighted by Gasteiger charge is 2.13. The number of rotatable bonds is 4. The van der Waals surface area contributed by atoms with Crippen molar-refractivity contribution in [3.8, 4) is 0 Å². The van der Waals surface area contributed by atoms with Gasteiger partial charge in [-0.05, 0) is 24.6 Å². The van der Waals surface area contributed by atoms with E-state index < -0.39 is 11.9 Å². The van der Waals surface area contributed by atoms with E-state index in [-0.39, 0.29) is 11.6 Å². The Kier molecular flexibility index (Phi) is 4.71. The highest BCUT2D eigenvalue weighted by atomic mass is 35.5. The van der Waals surface area contributed by atoms with Crippen LogP contribution in [0.5, 0.6) is 0 Å². The number of hydrogen-bond acceptors (Lipinski definition) is 2. The Balaban J connectivity index is 2.72. The minimum absolute atomic E-state index is 0.248. The first-order valence-electron chi connectivity index (χ1n) is 5.06. The smallest absolute Gasteiger partial charge is 0.241 e. The molecular weight excluding hydrogens is 231 g/mol. The van der Waals surface area contributed by atoms with E-state index in [0.717, 1.165) is 6.42 Å². The van der Waals surface area contributed by atoms with Gasteiger partial charge in [0.25, 0.3) is 0 Å². The van der Waals surface area contributed by atoms with Crippen LogP contribution < -0.4 is 11.1 Å². The summed E-state index contributed by atoms with van der Waals surface area (Å²) in [5.41, 5.74) is 5.86. The van der Waals surface area contributed by atoms with Crippen LogP contribution in [0.15, 0.2) is 18.2 Å². The highest BCUT2D eigenvalue weighted by Crippen LogP contribution is 2.22. The number of halogens is 2. The maximum atomic E-state index is 12.9. The van der Waals surface area contributed by atoms with E-state index in [2.05, 4.69) is 5.32 Å². The van der Waals surface area contributed by atoms with Crippen LogP contribution >= 0.6 is 11.6 Å². The number of nitrogens with one attached hydrogen (secondary N) is 1. The molecule has 88 valence electrons. The van der Waals surface area contributed by atoms with Crippen molar-refractivity contribution in [1.29, 1.82) is 0 Å². The van der Waals surface area contributed by atoms with E-state index in [1.54, 1.807) is 0 Å². The van der Waals surface area contributed by atoms with E-state index >= 15 is 0 Å². The van der Waals surface area contributed by atoms with Gasteiger partial charge in [-0.2, -0.15) is 0 Å². The van der Waals surface area contributed by atoms with Crippen molar-refractivity contribution >= 4 is 23.2 Å². The molecule has 0 bridgehead atoms. The number of carbonyl (C=O) groups excluding carboxylic acids is 1. The lowest BCUT2D eigenvalue weighted by Gasteiger charge is -2.12. The van der Waals surface area contributed by atoms with Crippen molar-refractivity contribution in [3.05, 3.63) is 29.0 Å². The summed E-state index contributed by atoms with van der Waals surface area (Å²) in [5, 5.41) is 2.79. The molecule has 3 nitrogen and oxygen atoms in total. The fourth-order valence-electron chi connectivity index (χ4n) is 1.26. The standard InChI is InChI=1S/C11H14ClFN2O/c1-2-3-9(14)11(16)15-10-6-7(13)4-5-8(10)12/h4-6,9H,2-3,14H2,1H3,(H,15,16). The fraction of sp³-hybridized carbons (Fsp3) is 0.364. The van der Waals surface area contributed by atoms with Crippen LogP contribution in [0.3, 0.4) is 0 Å². The molecule has 0 aliphatic carbocycles. The van der Waals surface area contributed by atoms with Gasteiger partial charge in [0.2, 0.25) is 5.91 Å². The summed E-state index contributed by atoms with van der Waals surface area (Å²) in [5.74, 6) is -0.807. The number of anilines is 1. The van der Waals surface area contributed by atoms with Crippen molar-refractivity contribution < 1.29 is 9.18 Å². The van der Waals surface area contributed by atoms with Crippen molar-refractivity contribution in [3.63, 3.8) is 0 Å². The molecule has 3 N–H and O–H groups in total. The van der Waals surface area contributed by atoms with Gasteiger partial charge >= 0.3 is 0 Å². The zero-order valence-electron chi connectivity index (χ0n) is 8.97. The maximum absolute atomic E-state index is 12.9. The quantitative estimate of drug-likeness (QED) is 0.855. The number of benzene rings is 1. The summed E-state index contributed by atoms with van der Waals surface area (Å²) >= 11 is 5.80. The average molecular weight is 245 g/mol. The topological polar surface area (TPSA) is 55.1 Å². The molecule has 1 atom stereocenters. The van der Waals surface area contributed by atoms with E-state index in [0.29, 0.717) is 11.4 Å². The molecule has 0 saturated carbocycles. The minimum atomic E-state index is -0.593. The van der Waals surface area contributed by atoms with Gasteiger partial charge in [0, 0.05) is 0 Å². The predicted molar refractivity (Wildman–Crippen MR) is 62.9 cm³/mol. The molecule has 5 heteroatoms. The molecule has 0 aliphatic rings.